The molecule has 1 saturated heterocycles. The summed E-state index contributed by atoms with van der Waals surface area (Å²) in [5.41, 5.74) is 3.63. The number of nitrogens with one attached hydrogen (secondary N) is 1. The number of aryl methyl sites for hydroxylation is 1. The molecule has 1 aliphatic rings. The molecule has 0 saturated carbocycles. The van der Waals surface area contributed by atoms with Crippen LogP contribution >= 0.6 is 23.1 Å². The fourth-order valence-electron chi connectivity index (χ4n) is 3.28. The molecule has 4 rings (SSSR count). The van der Waals surface area contributed by atoms with E-state index in [9.17, 15) is 4.79 Å². The number of halogens is 1. The van der Waals surface area contributed by atoms with Crippen molar-refractivity contribution in [3.63, 3.8) is 0 Å². The molecule has 0 radical (unpaired) electrons. The number of aromatic nitrogens is 1. The Morgan fingerprint density at radius 3 is 2.62 bits per heavy atom. The predicted molar refractivity (Wildman–Crippen MR) is 114 cm³/mol. The van der Waals surface area contributed by atoms with Crippen LogP contribution in [0.5, 0.6) is 0 Å². The highest BCUT2D eigenvalue weighted by atomic mass is 35.5. The summed E-state index contributed by atoms with van der Waals surface area (Å²) in [6.07, 6.45) is 0.151. The van der Waals surface area contributed by atoms with Crippen molar-refractivity contribution in [3.05, 3.63) is 82.0 Å². The quantitative estimate of drug-likeness (QED) is 0.603. The Morgan fingerprint density at radius 1 is 1.24 bits per heavy atom. The summed E-state index contributed by atoms with van der Waals surface area (Å²) in [6.45, 7) is 4.23. The van der Waals surface area contributed by atoms with Gasteiger partial charge in [0.25, 0.3) is 0 Å². The molecule has 0 spiro atoms. The number of nitrogens with zero attached hydrogens (tertiary/aromatic N) is 1. The van der Waals surface area contributed by atoms with Gasteiger partial charge in [-0.05, 0) is 36.5 Å². The average molecular weight is 429 g/mol. The molecule has 2 aromatic carbocycles. The average Bonchev–Trinajstić information content (AvgIpc) is 3.28. The van der Waals surface area contributed by atoms with Gasteiger partial charge in [0.05, 0.1) is 23.7 Å². The molecular formula is C22H21ClN2O3S. The fourth-order valence-corrected chi connectivity index (χ4v) is 4.23. The highest BCUT2D eigenvalue weighted by molar-refractivity contribution is 7.11. The van der Waals surface area contributed by atoms with Crippen LogP contribution in [0.15, 0.2) is 54.6 Å². The van der Waals surface area contributed by atoms with E-state index in [2.05, 4.69) is 9.69 Å². The number of benzene rings is 2. The van der Waals surface area contributed by atoms with Crippen molar-refractivity contribution in [3.8, 4) is 0 Å². The van der Waals surface area contributed by atoms with E-state index in [1.54, 1.807) is 0 Å². The number of amides is 1. The first kappa shape index (κ1) is 20.0. The lowest BCUT2D eigenvalue weighted by Gasteiger charge is -2.24. The van der Waals surface area contributed by atoms with Crippen molar-refractivity contribution in [1.29, 1.82) is 0 Å². The summed E-state index contributed by atoms with van der Waals surface area (Å²) in [7, 11) is 0. The number of carbonyl (C=O) groups is 1. The van der Waals surface area contributed by atoms with E-state index >= 15 is 0 Å². The third-order valence-electron chi connectivity index (χ3n) is 4.94. The molecule has 1 N–H and O–H groups in total. The summed E-state index contributed by atoms with van der Waals surface area (Å²) in [5, 5.41) is 3.89. The van der Waals surface area contributed by atoms with E-state index in [-0.39, 0.29) is 18.4 Å². The maximum Gasteiger partial charge on any atom is 0.229 e. The molecule has 1 fully saturated rings. The summed E-state index contributed by atoms with van der Waals surface area (Å²) in [6, 6.07) is 17.8. The highest BCUT2D eigenvalue weighted by Gasteiger charge is 2.39. The van der Waals surface area contributed by atoms with E-state index < -0.39 is 5.79 Å². The largest absolute Gasteiger partial charge is 0.343 e. The van der Waals surface area contributed by atoms with Gasteiger partial charge in [-0.25, -0.2) is 0 Å². The lowest BCUT2D eigenvalue weighted by atomic mass is 10.0. The van der Waals surface area contributed by atoms with Gasteiger partial charge < -0.3 is 14.8 Å². The lowest BCUT2D eigenvalue weighted by Crippen LogP contribution is -2.22. The Hall–Kier alpha value is -2.25. The van der Waals surface area contributed by atoms with Crippen LogP contribution in [0, 0.1) is 6.92 Å². The molecule has 2 heterocycles. The zero-order valence-corrected chi connectivity index (χ0v) is 17.7. The topological polar surface area (TPSA) is 60.5 Å². The molecule has 1 amide bonds. The third-order valence-corrected chi connectivity index (χ3v) is 6.36. The summed E-state index contributed by atoms with van der Waals surface area (Å²) < 4.78 is 16.3. The van der Waals surface area contributed by atoms with Gasteiger partial charge in [-0.15, -0.1) is 0 Å². The molecule has 29 heavy (non-hydrogen) atoms. The minimum absolute atomic E-state index is 0.0979. The van der Waals surface area contributed by atoms with E-state index in [0.29, 0.717) is 16.6 Å². The predicted octanol–water partition coefficient (Wildman–Crippen LogP) is 5.25. The smallest absolute Gasteiger partial charge is 0.229 e. The first-order valence-electron chi connectivity index (χ1n) is 9.32. The van der Waals surface area contributed by atoms with Gasteiger partial charge in [-0.1, -0.05) is 66.2 Å². The zero-order valence-electron chi connectivity index (χ0n) is 16.1. The Balaban J connectivity index is 1.40. The summed E-state index contributed by atoms with van der Waals surface area (Å²) >= 11 is 7.31. The molecule has 0 bridgehead atoms. The Bertz CT molecular complexity index is 1010. The van der Waals surface area contributed by atoms with E-state index in [4.69, 9.17) is 21.1 Å². The molecule has 0 aliphatic carbocycles. The minimum atomic E-state index is -0.811. The molecule has 2 unspecified atom stereocenters. The van der Waals surface area contributed by atoms with Crippen LogP contribution in [-0.2, 0) is 26.5 Å². The third kappa shape index (κ3) is 4.36. The van der Waals surface area contributed by atoms with Gasteiger partial charge >= 0.3 is 0 Å². The fraction of sp³-hybridized carbons (Fsp3) is 0.273. The van der Waals surface area contributed by atoms with Crippen LogP contribution in [0.1, 0.15) is 35.4 Å². The Morgan fingerprint density at radius 2 is 1.97 bits per heavy atom. The van der Waals surface area contributed by atoms with Crippen molar-refractivity contribution in [2.24, 2.45) is 0 Å². The van der Waals surface area contributed by atoms with Gasteiger partial charge in [-0.2, -0.15) is 4.37 Å². The van der Waals surface area contributed by atoms with Crippen molar-refractivity contribution in [2.45, 2.75) is 32.2 Å². The number of carbonyl (C=O) groups excluding carboxylic acids is 1. The SMILES string of the molecule is Cc1nsc(NC(=O)Cc2ccc(C3(C)OCC(c4ccccc4)O3)cc2)c1Cl. The second kappa shape index (κ2) is 8.24. The van der Waals surface area contributed by atoms with Gasteiger partial charge in [0.15, 0.2) is 5.79 Å². The van der Waals surface area contributed by atoms with Crippen LogP contribution < -0.4 is 5.32 Å². The van der Waals surface area contributed by atoms with Crippen molar-refractivity contribution >= 4 is 34.0 Å². The van der Waals surface area contributed by atoms with Crippen molar-refractivity contribution in [2.75, 3.05) is 11.9 Å². The second-order valence-corrected chi connectivity index (χ2v) is 8.26. The van der Waals surface area contributed by atoms with Crippen LogP contribution in [0.25, 0.3) is 0 Å². The Kier molecular flexibility index (Phi) is 5.69. The van der Waals surface area contributed by atoms with E-state index in [0.717, 1.165) is 22.4 Å². The van der Waals surface area contributed by atoms with Gasteiger partial charge in [0, 0.05) is 5.56 Å². The molecule has 150 valence electrons. The first-order chi connectivity index (χ1) is 13.9. The van der Waals surface area contributed by atoms with Crippen molar-refractivity contribution in [1.82, 2.24) is 4.37 Å². The van der Waals surface area contributed by atoms with E-state index in [1.807, 2.05) is 68.4 Å². The second-order valence-electron chi connectivity index (χ2n) is 7.11. The molecule has 3 aromatic rings. The number of hydrogen-bond donors (Lipinski definition) is 1. The van der Waals surface area contributed by atoms with E-state index in [1.165, 1.54) is 11.5 Å². The number of anilines is 1. The maximum absolute atomic E-state index is 12.3. The summed E-state index contributed by atoms with van der Waals surface area (Å²) in [5.74, 6) is -0.943. The van der Waals surface area contributed by atoms with Crippen molar-refractivity contribution < 1.29 is 14.3 Å². The number of ether oxygens (including phenoxy) is 2. The van der Waals surface area contributed by atoms with Gasteiger partial charge in [0.2, 0.25) is 5.91 Å². The number of rotatable bonds is 5. The molecule has 5 nitrogen and oxygen atoms in total. The van der Waals surface area contributed by atoms with Crippen LogP contribution in [0.2, 0.25) is 5.02 Å². The monoisotopic (exact) mass is 428 g/mol. The Labute approximate surface area is 178 Å². The van der Waals surface area contributed by atoms with Gasteiger partial charge in [-0.3, -0.25) is 4.79 Å². The normalized spacial score (nSPS) is 21.3. The number of hydrogen-bond acceptors (Lipinski definition) is 5. The molecule has 1 aliphatic heterocycles. The first-order valence-corrected chi connectivity index (χ1v) is 10.5. The summed E-state index contributed by atoms with van der Waals surface area (Å²) in [4.78, 5) is 12.3. The van der Waals surface area contributed by atoms with Gasteiger partial charge in [0.1, 0.15) is 11.1 Å². The van der Waals surface area contributed by atoms with Crippen LogP contribution in [0.4, 0.5) is 5.00 Å². The van der Waals surface area contributed by atoms with Crippen LogP contribution in [-0.4, -0.2) is 16.9 Å². The molecule has 1 aromatic heterocycles. The molecule has 7 heteroatoms. The molecule has 2 atom stereocenters. The maximum atomic E-state index is 12.3. The van der Waals surface area contributed by atoms with Crippen LogP contribution in [0.3, 0.4) is 0 Å². The minimum Gasteiger partial charge on any atom is -0.343 e. The lowest BCUT2D eigenvalue weighted by molar-refractivity contribution is -0.162. The zero-order chi connectivity index (χ0) is 20.4. The highest BCUT2D eigenvalue weighted by Crippen LogP contribution is 2.40. The molecular weight excluding hydrogens is 408 g/mol. The standard InChI is InChI=1S/C22H21ClN2O3S/c1-14-20(23)21(29-25-14)24-19(26)12-15-8-10-17(11-9-15)22(2)27-13-18(28-22)16-6-4-3-5-7-16/h3-11,18H,12-13H2,1-2H3,(H,24,26).